The van der Waals surface area contributed by atoms with Crippen molar-refractivity contribution >= 4 is 16.6 Å². The van der Waals surface area contributed by atoms with Crippen LogP contribution in [0.5, 0.6) is 0 Å². The Hall–Kier alpha value is -1.69. The van der Waals surface area contributed by atoms with E-state index in [1.54, 1.807) is 7.11 Å². The molecule has 0 saturated heterocycles. The molecule has 5 heteroatoms. The molecule has 0 amide bonds. The Morgan fingerprint density at radius 2 is 1.26 bits per heavy atom. The predicted molar refractivity (Wildman–Crippen MR) is 165 cm³/mol. The molecule has 0 unspecified atom stereocenters. The van der Waals surface area contributed by atoms with Crippen LogP contribution in [0.4, 0.5) is 0 Å². The van der Waals surface area contributed by atoms with Gasteiger partial charge in [0, 0.05) is 13.0 Å². The van der Waals surface area contributed by atoms with Gasteiger partial charge < -0.3 is 13.6 Å². The first-order valence-corrected chi connectivity index (χ1v) is 19.8. The molecule has 2 aromatic rings. The molecule has 3 rings (SSSR count). The van der Waals surface area contributed by atoms with Crippen molar-refractivity contribution in [1.29, 1.82) is 0 Å². The van der Waals surface area contributed by atoms with Crippen molar-refractivity contribution < 1.29 is 13.6 Å². The van der Waals surface area contributed by atoms with Gasteiger partial charge in [0.05, 0.1) is 17.6 Å². The minimum absolute atomic E-state index is 0.00755. The summed E-state index contributed by atoms with van der Waals surface area (Å²) < 4.78 is 20.1. The molecule has 0 aliphatic heterocycles. The van der Waals surface area contributed by atoms with Crippen molar-refractivity contribution in [3.05, 3.63) is 71.3 Å². The van der Waals surface area contributed by atoms with Crippen molar-refractivity contribution in [2.75, 3.05) is 13.7 Å². The van der Waals surface area contributed by atoms with Gasteiger partial charge >= 0.3 is 0 Å². The maximum atomic E-state index is 7.38. The molecular formula is C33H50O3Si2. The molecule has 0 fully saturated rings. The maximum Gasteiger partial charge on any atom is 0.192 e. The third-order valence-electron chi connectivity index (χ3n) is 9.26. The van der Waals surface area contributed by atoms with Gasteiger partial charge in [0.2, 0.25) is 0 Å². The Balaban J connectivity index is 2.37. The minimum Gasteiger partial charge on any atom is -0.409 e. The minimum atomic E-state index is -2.16. The van der Waals surface area contributed by atoms with E-state index in [1.807, 2.05) is 0 Å². The van der Waals surface area contributed by atoms with Crippen molar-refractivity contribution in [2.24, 2.45) is 5.41 Å². The van der Waals surface area contributed by atoms with Crippen molar-refractivity contribution in [1.82, 2.24) is 0 Å². The first kappa shape index (κ1) is 30.8. The lowest BCUT2D eigenvalue weighted by Gasteiger charge is -2.54. The fourth-order valence-electron chi connectivity index (χ4n) is 4.90. The van der Waals surface area contributed by atoms with Gasteiger partial charge in [-0.15, -0.1) is 0 Å². The Morgan fingerprint density at radius 1 is 0.763 bits per heavy atom. The zero-order valence-corrected chi connectivity index (χ0v) is 27.9. The summed E-state index contributed by atoms with van der Waals surface area (Å²) in [5.74, 6) is 7.08. The number of ether oxygens (including phenoxy) is 1. The molecule has 0 spiro atoms. The number of methoxy groups -OCH3 is 1. The van der Waals surface area contributed by atoms with E-state index in [0.29, 0.717) is 6.61 Å². The molecule has 0 aromatic heterocycles. The van der Waals surface area contributed by atoms with Crippen LogP contribution in [0.25, 0.3) is 0 Å². The van der Waals surface area contributed by atoms with Crippen LogP contribution in [0, 0.1) is 17.3 Å². The molecule has 2 aromatic carbocycles. The van der Waals surface area contributed by atoms with Crippen LogP contribution in [0.3, 0.4) is 0 Å². The summed E-state index contributed by atoms with van der Waals surface area (Å²) in [5.41, 5.74) is 3.16. The molecule has 0 N–H and O–H groups in total. The van der Waals surface area contributed by atoms with Gasteiger partial charge in [-0.2, -0.15) is 0 Å². The van der Waals surface area contributed by atoms with Gasteiger partial charge in [-0.1, -0.05) is 108 Å². The van der Waals surface area contributed by atoms with Crippen LogP contribution in [-0.2, 0) is 13.6 Å². The largest absolute Gasteiger partial charge is 0.409 e. The summed E-state index contributed by atoms with van der Waals surface area (Å²) in [7, 11) is -2.59. The lowest BCUT2D eigenvalue weighted by atomic mass is 9.60. The van der Waals surface area contributed by atoms with E-state index >= 15 is 0 Å². The normalized spacial score (nSPS) is 24.4. The van der Waals surface area contributed by atoms with E-state index in [-0.39, 0.29) is 28.2 Å². The molecule has 0 heterocycles. The van der Waals surface area contributed by atoms with Crippen molar-refractivity contribution in [3.63, 3.8) is 0 Å². The number of benzene rings is 2. The molecular weight excluding hydrogens is 501 g/mol. The van der Waals surface area contributed by atoms with E-state index in [4.69, 9.17) is 13.6 Å². The molecule has 208 valence electrons. The van der Waals surface area contributed by atoms with Crippen molar-refractivity contribution in [3.8, 4) is 11.8 Å². The lowest BCUT2D eigenvalue weighted by molar-refractivity contribution is -0.000415. The summed E-state index contributed by atoms with van der Waals surface area (Å²) in [6, 6.07) is 19.6. The zero-order valence-electron chi connectivity index (χ0n) is 25.9. The first-order chi connectivity index (χ1) is 17.5. The average Bonchev–Trinajstić information content (AvgIpc) is 2.81. The van der Waals surface area contributed by atoms with E-state index < -0.39 is 22.0 Å². The van der Waals surface area contributed by atoms with Gasteiger partial charge in [0.15, 0.2) is 16.6 Å². The smallest absolute Gasteiger partial charge is 0.192 e. The zero-order chi connectivity index (χ0) is 28.6. The van der Waals surface area contributed by atoms with Gasteiger partial charge in [-0.05, 0) is 59.9 Å². The van der Waals surface area contributed by atoms with Crippen LogP contribution >= 0.6 is 0 Å². The van der Waals surface area contributed by atoms with Crippen LogP contribution in [-0.4, -0.2) is 30.4 Å². The fourth-order valence-corrected chi connectivity index (χ4v) is 7.46. The molecule has 0 saturated carbocycles. The second-order valence-electron chi connectivity index (χ2n) is 14.1. The SMILES string of the molecule is COCC#C[C@@]1(C)[C@H](c2ccccc2)[C@H](O[Si](C)(C)C(C)(C)C)c2ccccc2[C@@H]1O[Si](C)(C)C(C)(C)C. The highest BCUT2D eigenvalue weighted by atomic mass is 28.4. The third kappa shape index (κ3) is 6.05. The van der Waals surface area contributed by atoms with Gasteiger partial charge in [0.25, 0.3) is 0 Å². The fraction of sp³-hybridized carbons (Fsp3) is 0.576. The standard InChI is InChI=1S/C33H50O3Si2/c1-31(2,3)37(9,10)35-29-26-21-16-17-22-27(26)30(36-38(11,12)32(4,5)6)33(7,23-18-24-34-8)28(29)25-19-14-13-15-20-25/h13-17,19-22,28-30H,24H2,1-12H3/t28-,29-,30+,33+/m1/s1. The molecule has 1 aliphatic carbocycles. The van der Waals surface area contributed by atoms with Crippen LogP contribution in [0.2, 0.25) is 36.3 Å². The molecule has 1 aliphatic rings. The molecule has 0 bridgehead atoms. The topological polar surface area (TPSA) is 27.7 Å². The van der Waals surface area contributed by atoms with E-state index in [2.05, 4.69) is 141 Å². The van der Waals surface area contributed by atoms with Crippen LogP contribution < -0.4 is 0 Å². The second kappa shape index (κ2) is 11.1. The number of hydrogen-bond acceptors (Lipinski definition) is 3. The van der Waals surface area contributed by atoms with E-state index in [0.717, 1.165) is 0 Å². The Morgan fingerprint density at radius 3 is 1.79 bits per heavy atom. The van der Waals surface area contributed by atoms with Gasteiger partial charge in [-0.25, -0.2) is 0 Å². The molecule has 38 heavy (non-hydrogen) atoms. The monoisotopic (exact) mass is 550 g/mol. The molecule has 0 radical (unpaired) electrons. The van der Waals surface area contributed by atoms with Crippen LogP contribution in [0.1, 0.15) is 83.3 Å². The molecule has 3 nitrogen and oxygen atoms in total. The Bertz CT molecular complexity index is 1150. The summed E-state index contributed by atoms with van der Waals surface area (Å²) in [5, 5.41) is 0.148. The van der Waals surface area contributed by atoms with Crippen LogP contribution in [0.15, 0.2) is 54.6 Å². The Labute approximate surface area is 234 Å². The second-order valence-corrected chi connectivity index (χ2v) is 23.6. The van der Waals surface area contributed by atoms with Gasteiger partial charge in [-0.3, -0.25) is 0 Å². The summed E-state index contributed by atoms with van der Waals surface area (Å²) in [6.07, 6.45) is -0.316. The highest BCUT2D eigenvalue weighted by molar-refractivity contribution is 6.74. The average molecular weight is 551 g/mol. The predicted octanol–water partition coefficient (Wildman–Crippen LogP) is 9.27. The lowest BCUT2D eigenvalue weighted by Crippen LogP contribution is -2.51. The third-order valence-corrected chi connectivity index (χ3v) is 18.2. The Kier molecular flexibility index (Phi) is 8.98. The number of hydrogen-bond donors (Lipinski definition) is 0. The number of fused-ring (bicyclic) bond motifs is 1. The number of rotatable bonds is 6. The maximum absolute atomic E-state index is 7.38. The van der Waals surface area contributed by atoms with Gasteiger partial charge in [0.1, 0.15) is 6.61 Å². The van der Waals surface area contributed by atoms with Crippen molar-refractivity contribution in [2.45, 2.75) is 103 Å². The summed E-state index contributed by atoms with van der Waals surface area (Å²) in [6.45, 7) is 25.9. The molecule has 4 atom stereocenters. The highest BCUT2D eigenvalue weighted by Crippen LogP contribution is 2.61. The quantitative estimate of drug-likeness (QED) is 0.265. The van der Waals surface area contributed by atoms with E-state index in [1.165, 1.54) is 16.7 Å². The summed E-state index contributed by atoms with van der Waals surface area (Å²) in [4.78, 5) is 0. The first-order valence-electron chi connectivity index (χ1n) is 13.9. The van der Waals surface area contributed by atoms with E-state index in [9.17, 15) is 0 Å². The highest BCUT2D eigenvalue weighted by Gasteiger charge is 2.56. The summed E-state index contributed by atoms with van der Waals surface area (Å²) >= 11 is 0.